The van der Waals surface area contributed by atoms with Crippen LogP contribution in [0.25, 0.3) is 10.4 Å². The lowest BCUT2D eigenvalue weighted by molar-refractivity contribution is -0.157. The largest absolute Gasteiger partial charge is 0.653 e. The number of nitrogens with one attached hydrogen (secondary N) is 1. The Hall–Kier alpha value is -3.82. The van der Waals surface area contributed by atoms with Crippen LogP contribution in [-0.2, 0) is 23.4 Å². The summed E-state index contributed by atoms with van der Waals surface area (Å²) >= 11 is 0. The Morgan fingerprint density at radius 1 is 1.26 bits per heavy atom. The molecule has 1 aliphatic heterocycles. The van der Waals surface area contributed by atoms with E-state index in [1.165, 1.54) is 19.2 Å². The number of aliphatic hydroxyl groups is 2. The number of carbonyl (C=O) groups is 1. The first-order chi connectivity index (χ1) is 20.0. The van der Waals surface area contributed by atoms with Crippen molar-refractivity contribution >= 4 is 14.1 Å². The number of rotatable bonds is 14. The summed E-state index contributed by atoms with van der Waals surface area (Å²) in [5, 5.41) is 24.9. The van der Waals surface area contributed by atoms with Crippen LogP contribution in [0.5, 0.6) is 11.5 Å². The molecule has 3 rings (SSSR count). The van der Waals surface area contributed by atoms with E-state index >= 15 is 0 Å². The van der Waals surface area contributed by atoms with Gasteiger partial charge in [0.1, 0.15) is 29.4 Å². The summed E-state index contributed by atoms with van der Waals surface area (Å²) in [7, 11) is -1.63. The minimum absolute atomic E-state index is 0.0326. The van der Waals surface area contributed by atoms with Gasteiger partial charge in [-0.15, -0.1) is 4.52 Å². The van der Waals surface area contributed by atoms with E-state index in [4.69, 9.17) is 23.6 Å². The molecule has 1 aliphatic rings. The van der Waals surface area contributed by atoms with Gasteiger partial charge in [-0.2, -0.15) is 0 Å². The summed E-state index contributed by atoms with van der Waals surface area (Å²) in [6, 6.07) is 5.90. The van der Waals surface area contributed by atoms with Crippen molar-refractivity contribution in [2.24, 2.45) is 11.0 Å². The van der Waals surface area contributed by atoms with Gasteiger partial charge in [0.05, 0.1) is 13.7 Å². The highest BCUT2D eigenvalue weighted by Gasteiger charge is 2.58. The van der Waals surface area contributed by atoms with Crippen LogP contribution in [0.3, 0.4) is 0 Å². The Morgan fingerprint density at radius 2 is 1.93 bits per heavy atom. The lowest BCUT2D eigenvalue weighted by atomic mass is 10.0. The van der Waals surface area contributed by atoms with Crippen LogP contribution in [0.1, 0.15) is 33.4 Å². The number of aliphatic hydroxyl groups excluding tert-OH is 2. The van der Waals surface area contributed by atoms with E-state index < -0.39 is 62.2 Å². The highest BCUT2D eigenvalue weighted by molar-refractivity contribution is 7.36. The van der Waals surface area contributed by atoms with Crippen molar-refractivity contribution in [2.75, 3.05) is 20.3 Å². The minimum Gasteiger partial charge on any atom is -0.497 e. The lowest BCUT2D eigenvalue weighted by Gasteiger charge is -2.25. The Morgan fingerprint density at radius 3 is 2.50 bits per heavy atom. The molecule has 1 aromatic carbocycles. The molecule has 0 amide bonds. The number of nitrogens with zero attached hydrogens (tertiary/aromatic N) is 5. The zero-order valence-corrected chi connectivity index (χ0v) is 24.1. The van der Waals surface area contributed by atoms with Gasteiger partial charge in [0.2, 0.25) is 5.72 Å². The summed E-state index contributed by atoms with van der Waals surface area (Å²) in [5.41, 5.74) is 5.12. The number of H-pyrrole nitrogens is 1. The maximum absolute atomic E-state index is 13.6. The maximum atomic E-state index is 13.6. The summed E-state index contributed by atoms with van der Waals surface area (Å²) < 4.78 is 35.8. The molecule has 3 N–H and O–H groups in total. The van der Waals surface area contributed by atoms with Gasteiger partial charge in [-0.1, -0.05) is 19.0 Å². The fraction of sp³-hybridized carbons (Fsp3) is 0.542. The van der Waals surface area contributed by atoms with E-state index in [1.807, 2.05) is 18.8 Å². The summed E-state index contributed by atoms with van der Waals surface area (Å²) in [5.74, 6) is -0.167. The smallest absolute Gasteiger partial charge is 0.497 e. The number of methoxy groups -OCH3 is 1. The molecule has 0 saturated carbocycles. The molecule has 1 aromatic heterocycles. The zero-order chi connectivity index (χ0) is 31.0. The van der Waals surface area contributed by atoms with Crippen molar-refractivity contribution in [1.82, 2.24) is 14.4 Å². The second kappa shape index (κ2) is 14.4. The van der Waals surface area contributed by atoms with Crippen molar-refractivity contribution in [3.8, 4) is 11.5 Å². The Kier molecular flexibility index (Phi) is 11.2. The van der Waals surface area contributed by atoms with Gasteiger partial charge < -0.3 is 29.3 Å². The molecule has 0 bridgehead atoms. The number of benzene rings is 1. The summed E-state index contributed by atoms with van der Waals surface area (Å²) in [6.45, 7) is 4.37. The quantitative estimate of drug-likeness (QED) is 0.0693. The van der Waals surface area contributed by atoms with E-state index in [0.29, 0.717) is 5.75 Å². The number of hydrogen-bond donors (Lipinski definition) is 3. The number of ether oxygens (including phenoxy) is 3. The summed E-state index contributed by atoms with van der Waals surface area (Å²) in [6.07, 6.45) is -4.31. The number of aromatic amines is 1. The van der Waals surface area contributed by atoms with Crippen LogP contribution >= 0.6 is 8.18 Å². The zero-order valence-electron chi connectivity index (χ0n) is 23.2. The molecule has 42 heavy (non-hydrogen) atoms. The third kappa shape index (κ3) is 7.52. The van der Waals surface area contributed by atoms with Crippen LogP contribution < -0.4 is 20.8 Å². The monoisotopic (exact) mass is 611 g/mol. The van der Waals surface area contributed by atoms with Crippen molar-refractivity contribution in [2.45, 2.75) is 57.4 Å². The first-order valence-electron chi connectivity index (χ1n) is 12.8. The van der Waals surface area contributed by atoms with E-state index in [9.17, 15) is 34.7 Å². The van der Waals surface area contributed by atoms with Crippen LogP contribution in [0, 0.1) is 5.92 Å². The molecule has 2 unspecified atom stereocenters. The maximum Gasteiger partial charge on any atom is 0.653 e. The fourth-order valence-electron chi connectivity index (χ4n) is 4.05. The number of carbonyl (C=O) groups excluding carboxylic acids is 1. The second-order valence-corrected chi connectivity index (χ2v) is 10.6. The second-order valence-electron chi connectivity index (χ2n) is 9.47. The molecule has 0 spiro atoms. The molecule has 18 heteroatoms. The molecule has 0 radical (unpaired) electrons. The highest BCUT2D eigenvalue weighted by Crippen LogP contribution is 2.42. The van der Waals surface area contributed by atoms with Crippen molar-refractivity contribution in [1.29, 1.82) is 0 Å². The molecule has 6 atom stereocenters. The highest BCUT2D eigenvalue weighted by atomic mass is 31.1. The average molecular weight is 612 g/mol. The van der Waals surface area contributed by atoms with Gasteiger partial charge in [0, 0.05) is 17.2 Å². The van der Waals surface area contributed by atoms with Crippen LogP contribution in [0.4, 0.5) is 0 Å². The molecule has 17 nitrogen and oxygen atoms in total. The van der Waals surface area contributed by atoms with Crippen molar-refractivity contribution in [3.63, 3.8) is 0 Å². The van der Waals surface area contributed by atoms with Gasteiger partial charge >= 0.3 is 19.8 Å². The van der Waals surface area contributed by atoms with E-state index in [0.717, 1.165) is 21.7 Å². The molecule has 1 saturated heterocycles. The molecule has 228 valence electrons. The van der Waals surface area contributed by atoms with E-state index in [2.05, 4.69) is 10.0 Å². The SMILES string of the molecule is CCOC(=O)C(CC(C)C)N(Oc1ccc(OC)cc1)[P+](=O)OC[C@@]1(N=[N+]=[N-])O[C@@H](n2ccc(=O)[nH]c2=O)[C@H](O)[C@@H]1O. The predicted octanol–water partition coefficient (Wildman–Crippen LogP) is 1.75. The van der Waals surface area contributed by atoms with Crippen LogP contribution in [0.2, 0.25) is 0 Å². The lowest BCUT2D eigenvalue weighted by Crippen LogP contribution is -2.45. The molecule has 0 aliphatic carbocycles. The summed E-state index contributed by atoms with van der Waals surface area (Å²) in [4.78, 5) is 47.9. The molecular weight excluding hydrogens is 579 g/mol. The van der Waals surface area contributed by atoms with Crippen molar-refractivity contribution in [3.05, 3.63) is 67.8 Å². The number of azide groups is 1. The van der Waals surface area contributed by atoms with Crippen LogP contribution in [-0.4, -0.2) is 74.9 Å². The minimum atomic E-state index is -3.11. The van der Waals surface area contributed by atoms with Gasteiger partial charge in [0.15, 0.2) is 18.0 Å². The molecule has 1 fully saturated rings. The van der Waals surface area contributed by atoms with Gasteiger partial charge in [-0.25, -0.2) is 4.79 Å². The fourth-order valence-corrected chi connectivity index (χ4v) is 5.03. The van der Waals surface area contributed by atoms with Gasteiger partial charge in [-0.05, 0) is 53.6 Å². The Bertz CT molecular complexity index is 1410. The Labute approximate surface area is 240 Å². The van der Waals surface area contributed by atoms with E-state index in [1.54, 1.807) is 19.1 Å². The molecule has 2 aromatic rings. The third-order valence-electron chi connectivity index (χ3n) is 6.06. The normalized spacial score (nSPS) is 22.9. The number of aromatic nitrogens is 2. The predicted molar refractivity (Wildman–Crippen MR) is 144 cm³/mol. The van der Waals surface area contributed by atoms with Crippen molar-refractivity contribution < 1.29 is 43.1 Å². The molecule has 2 heterocycles. The first kappa shape index (κ1) is 32.7. The first-order valence-corrected chi connectivity index (χ1v) is 13.9. The van der Waals surface area contributed by atoms with Crippen LogP contribution in [0.15, 0.2) is 51.2 Å². The van der Waals surface area contributed by atoms with E-state index in [-0.39, 0.29) is 24.7 Å². The Balaban J connectivity index is 1.93. The average Bonchev–Trinajstić information content (AvgIpc) is 3.19. The standard InChI is InChI=1S/C24H31N6O11P/c1-5-38-22(34)17(12-14(2)3)30(41-16-8-6-15(37-4)7-9-16)42(36)39-13-24(27-28-25)20(33)19(32)21(40-24)29-11-10-18(31)26-23(29)35/h6-11,14,17,19-21,32-33H,5,12-13H2,1-4H3/p+1/t17?,19-,20+,21-,24-/m1/s1. The van der Waals surface area contributed by atoms with Gasteiger partial charge in [0.25, 0.3) is 5.56 Å². The number of hydrogen-bond acceptors (Lipinski definition) is 12. The molecular formula is C24H32N6O11P+. The number of esters is 1. The van der Waals surface area contributed by atoms with Gasteiger partial charge in [-0.3, -0.25) is 19.1 Å². The topological polar surface area (TPSA) is 228 Å². The third-order valence-corrected chi connectivity index (χ3v) is 7.10. The number of hydroxylamine groups is 1.